The van der Waals surface area contributed by atoms with Gasteiger partial charge in [0.15, 0.2) is 5.82 Å². The van der Waals surface area contributed by atoms with E-state index in [9.17, 15) is 4.79 Å². The Kier molecular flexibility index (Phi) is 5.71. The van der Waals surface area contributed by atoms with E-state index >= 15 is 0 Å². The monoisotopic (exact) mass is 330 g/mol. The molecular weight excluding hydrogens is 308 g/mol. The summed E-state index contributed by atoms with van der Waals surface area (Å²) in [6, 6.07) is 4.51. The molecule has 0 spiro atoms. The molecule has 1 amide bonds. The van der Waals surface area contributed by atoms with E-state index in [4.69, 9.17) is 0 Å². The summed E-state index contributed by atoms with van der Waals surface area (Å²) < 4.78 is 0. The molecule has 6 heteroatoms. The Morgan fingerprint density at radius 1 is 1.30 bits per heavy atom. The van der Waals surface area contributed by atoms with Crippen LogP contribution in [0.15, 0.2) is 36.1 Å². The third-order valence-electron chi connectivity index (χ3n) is 4.28. The molecule has 3 rings (SSSR count). The molecule has 0 aromatic carbocycles. The zero-order chi connectivity index (χ0) is 15.9. The SMILES string of the molecule is O=C(CNC(c1cccs1)C1CCCCC1)Nc1cnccn1. The van der Waals surface area contributed by atoms with Gasteiger partial charge in [-0.25, -0.2) is 4.98 Å². The van der Waals surface area contributed by atoms with Gasteiger partial charge in [0.2, 0.25) is 5.91 Å². The Hall–Kier alpha value is -1.79. The number of carbonyl (C=O) groups excluding carboxylic acids is 1. The first-order valence-corrected chi connectivity index (χ1v) is 9.03. The molecule has 2 aromatic rings. The Bertz CT molecular complexity index is 596. The van der Waals surface area contributed by atoms with Crippen LogP contribution in [0.25, 0.3) is 0 Å². The number of anilines is 1. The predicted molar refractivity (Wildman–Crippen MR) is 92.3 cm³/mol. The van der Waals surface area contributed by atoms with E-state index in [0.717, 1.165) is 0 Å². The van der Waals surface area contributed by atoms with Gasteiger partial charge in [0, 0.05) is 23.3 Å². The fraction of sp³-hybridized carbons (Fsp3) is 0.471. The van der Waals surface area contributed by atoms with Crippen molar-refractivity contribution in [1.29, 1.82) is 0 Å². The lowest BCUT2D eigenvalue weighted by molar-refractivity contribution is -0.115. The summed E-state index contributed by atoms with van der Waals surface area (Å²) in [5.41, 5.74) is 0. The third kappa shape index (κ3) is 4.59. The minimum absolute atomic E-state index is 0.0807. The van der Waals surface area contributed by atoms with E-state index in [1.54, 1.807) is 29.9 Å². The molecule has 0 bridgehead atoms. The first-order chi connectivity index (χ1) is 11.3. The molecule has 1 aliphatic carbocycles. The highest BCUT2D eigenvalue weighted by Crippen LogP contribution is 2.36. The number of carbonyl (C=O) groups is 1. The van der Waals surface area contributed by atoms with Gasteiger partial charge in [-0.2, -0.15) is 0 Å². The largest absolute Gasteiger partial charge is 0.308 e. The van der Waals surface area contributed by atoms with Crippen molar-refractivity contribution in [3.63, 3.8) is 0 Å². The Balaban J connectivity index is 1.59. The van der Waals surface area contributed by atoms with Gasteiger partial charge in [-0.15, -0.1) is 11.3 Å². The van der Waals surface area contributed by atoms with Crippen LogP contribution in [0.3, 0.4) is 0 Å². The molecule has 0 aliphatic heterocycles. The van der Waals surface area contributed by atoms with Crippen LogP contribution in [0.4, 0.5) is 5.82 Å². The zero-order valence-electron chi connectivity index (χ0n) is 13.1. The van der Waals surface area contributed by atoms with Gasteiger partial charge in [-0.05, 0) is 30.2 Å². The Labute approximate surface area is 140 Å². The first kappa shape index (κ1) is 16.1. The normalized spacial score (nSPS) is 16.9. The van der Waals surface area contributed by atoms with Gasteiger partial charge in [0.1, 0.15) is 0 Å². The summed E-state index contributed by atoms with van der Waals surface area (Å²) in [4.78, 5) is 21.5. The molecule has 1 unspecified atom stereocenters. The Morgan fingerprint density at radius 2 is 2.17 bits per heavy atom. The number of thiophene rings is 1. The van der Waals surface area contributed by atoms with Crippen molar-refractivity contribution in [1.82, 2.24) is 15.3 Å². The van der Waals surface area contributed by atoms with Crippen LogP contribution in [0.5, 0.6) is 0 Å². The minimum atomic E-state index is -0.0807. The fourth-order valence-corrected chi connectivity index (χ4v) is 4.08. The zero-order valence-corrected chi connectivity index (χ0v) is 13.9. The van der Waals surface area contributed by atoms with Crippen LogP contribution in [-0.4, -0.2) is 22.4 Å². The maximum Gasteiger partial charge on any atom is 0.239 e. The third-order valence-corrected chi connectivity index (χ3v) is 5.24. The highest BCUT2D eigenvalue weighted by molar-refractivity contribution is 7.10. The number of nitrogens with zero attached hydrogens (tertiary/aromatic N) is 2. The van der Waals surface area contributed by atoms with Gasteiger partial charge in [-0.1, -0.05) is 25.3 Å². The molecule has 0 radical (unpaired) electrons. The van der Waals surface area contributed by atoms with Crippen LogP contribution in [-0.2, 0) is 4.79 Å². The van der Waals surface area contributed by atoms with Gasteiger partial charge in [-0.3, -0.25) is 9.78 Å². The number of rotatable bonds is 6. The van der Waals surface area contributed by atoms with E-state index in [1.165, 1.54) is 37.0 Å². The van der Waals surface area contributed by atoms with Gasteiger partial charge in [0.05, 0.1) is 12.7 Å². The molecule has 23 heavy (non-hydrogen) atoms. The van der Waals surface area contributed by atoms with Crippen molar-refractivity contribution in [2.75, 3.05) is 11.9 Å². The maximum absolute atomic E-state index is 12.1. The molecule has 1 aliphatic rings. The second-order valence-corrected chi connectivity index (χ2v) is 6.89. The highest BCUT2D eigenvalue weighted by atomic mass is 32.1. The summed E-state index contributed by atoms with van der Waals surface area (Å²) in [6.45, 7) is 0.287. The lowest BCUT2D eigenvalue weighted by Gasteiger charge is -2.30. The number of hydrogen-bond acceptors (Lipinski definition) is 5. The predicted octanol–water partition coefficient (Wildman–Crippen LogP) is 3.39. The summed E-state index contributed by atoms with van der Waals surface area (Å²) in [6.07, 6.45) is 11.1. The molecule has 2 heterocycles. The standard InChI is InChI=1S/C17H22N4OS/c22-16(21-15-11-18-8-9-19-15)12-20-17(14-7-4-10-23-14)13-5-2-1-3-6-13/h4,7-11,13,17,20H,1-3,5-6,12H2,(H,19,21,22). The van der Waals surface area contributed by atoms with Crippen LogP contribution in [0.2, 0.25) is 0 Å². The average molecular weight is 330 g/mol. The molecule has 0 saturated heterocycles. The van der Waals surface area contributed by atoms with E-state index < -0.39 is 0 Å². The second-order valence-electron chi connectivity index (χ2n) is 5.91. The van der Waals surface area contributed by atoms with E-state index in [1.807, 2.05) is 0 Å². The van der Waals surface area contributed by atoms with Crippen molar-refractivity contribution in [3.05, 3.63) is 41.0 Å². The van der Waals surface area contributed by atoms with Crippen LogP contribution in [0, 0.1) is 5.92 Å². The molecule has 2 N–H and O–H groups in total. The Morgan fingerprint density at radius 3 is 2.87 bits per heavy atom. The van der Waals surface area contributed by atoms with Gasteiger partial charge in [0.25, 0.3) is 0 Å². The maximum atomic E-state index is 12.1. The van der Waals surface area contributed by atoms with E-state index in [2.05, 4.69) is 38.1 Å². The summed E-state index contributed by atoms with van der Waals surface area (Å²) in [5.74, 6) is 1.03. The first-order valence-electron chi connectivity index (χ1n) is 8.15. The van der Waals surface area contributed by atoms with Crippen LogP contribution < -0.4 is 10.6 Å². The summed E-state index contributed by atoms with van der Waals surface area (Å²) in [5, 5.41) is 8.34. The number of aromatic nitrogens is 2. The summed E-state index contributed by atoms with van der Waals surface area (Å²) in [7, 11) is 0. The molecule has 122 valence electrons. The van der Waals surface area contributed by atoms with Crippen molar-refractivity contribution in [2.45, 2.75) is 38.1 Å². The van der Waals surface area contributed by atoms with Crippen LogP contribution in [0.1, 0.15) is 43.0 Å². The van der Waals surface area contributed by atoms with Crippen molar-refractivity contribution in [2.24, 2.45) is 5.92 Å². The lowest BCUT2D eigenvalue weighted by atomic mass is 9.83. The fourth-order valence-electron chi connectivity index (χ4n) is 3.19. The molecule has 5 nitrogen and oxygen atoms in total. The molecular formula is C17H22N4OS. The van der Waals surface area contributed by atoms with Crippen molar-refractivity contribution < 1.29 is 4.79 Å². The van der Waals surface area contributed by atoms with E-state index in [0.29, 0.717) is 11.7 Å². The topological polar surface area (TPSA) is 66.9 Å². The number of hydrogen-bond donors (Lipinski definition) is 2. The van der Waals surface area contributed by atoms with Crippen molar-refractivity contribution >= 4 is 23.1 Å². The van der Waals surface area contributed by atoms with Crippen LogP contribution >= 0.6 is 11.3 Å². The van der Waals surface area contributed by atoms with Gasteiger partial charge < -0.3 is 10.6 Å². The van der Waals surface area contributed by atoms with Crippen molar-refractivity contribution in [3.8, 4) is 0 Å². The number of amides is 1. The van der Waals surface area contributed by atoms with Gasteiger partial charge >= 0.3 is 0 Å². The average Bonchev–Trinajstić information content (AvgIpc) is 3.11. The molecule has 1 fully saturated rings. The molecule has 1 atom stereocenters. The lowest BCUT2D eigenvalue weighted by Crippen LogP contribution is -2.35. The smallest absolute Gasteiger partial charge is 0.239 e. The molecule has 2 aromatic heterocycles. The second kappa shape index (κ2) is 8.17. The summed E-state index contributed by atoms with van der Waals surface area (Å²) >= 11 is 1.76. The minimum Gasteiger partial charge on any atom is -0.308 e. The van der Waals surface area contributed by atoms with E-state index in [-0.39, 0.29) is 18.5 Å². The number of nitrogens with one attached hydrogen (secondary N) is 2. The highest BCUT2D eigenvalue weighted by Gasteiger charge is 2.26. The quantitative estimate of drug-likeness (QED) is 0.852. The molecule has 1 saturated carbocycles.